The third-order valence-electron chi connectivity index (χ3n) is 2.26. The second-order valence-corrected chi connectivity index (χ2v) is 3.37. The summed E-state index contributed by atoms with van der Waals surface area (Å²) in [6.07, 6.45) is 2.69. The first-order chi connectivity index (χ1) is 8.22. The lowest BCUT2D eigenvalue weighted by molar-refractivity contribution is 0.321. The van der Waals surface area contributed by atoms with Gasteiger partial charge in [0.15, 0.2) is 11.6 Å². The molecule has 0 unspecified atom stereocenters. The number of nitrogens with zero attached hydrogens (tertiary/aromatic N) is 1. The number of ether oxygens (including phenoxy) is 1. The summed E-state index contributed by atoms with van der Waals surface area (Å²) in [5.41, 5.74) is 0.498. The Balaban J connectivity index is 2.45. The average molecular weight is 234 g/mol. The highest BCUT2D eigenvalue weighted by Gasteiger charge is 2.08. The van der Waals surface area contributed by atoms with Crippen molar-refractivity contribution >= 4 is 0 Å². The van der Waals surface area contributed by atoms with Crippen LogP contribution in [-0.4, -0.2) is 16.6 Å². The Bertz CT molecular complexity index is 581. The fourth-order valence-electron chi connectivity index (χ4n) is 1.49. The van der Waals surface area contributed by atoms with Crippen LogP contribution < -0.4 is 10.3 Å². The van der Waals surface area contributed by atoms with E-state index in [4.69, 9.17) is 4.74 Å². The molecule has 2 aromatic rings. The molecule has 1 heterocycles. The van der Waals surface area contributed by atoms with Gasteiger partial charge < -0.3 is 9.72 Å². The fourth-order valence-corrected chi connectivity index (χ4v) is 1.49. The van der Waals surface area contributed by atoms with E-state index < -0.39 is 5.82 Å². The van der Waals surface area contributed by atoms with E-state index in [9.17, 15) is 9.18 Å². The first kappa shape index (κ1) is 11.3. The zero-order chi connectivity index (χ0) is 12.3. The Morgan fingerprint density at radius 1 is 1.47 bits per heavy atom. The molecule has 0 aliphatic heterocycles. The smallest absolute Gasteiger partial charge is 0.258 e. The van der Waals surface area contributed by atoms with Gasteiger partial charge in [-0.15, -0.1) is 0 Å². The Morgan fingerprint density at radius 2 is 2.29 bits per heavy atom. The highest BCUT2D eigenvalue weighted by Crippen LogP contribution is 2.23. The molecule has 0 amide bonds. The minimum atomic E-state index is -0.493. The molecule has 1 aromatic carbocycles. The molecule has 5 heteroatoms. The van der Waals surface area contributed by atoms with E-state index in [0.717, 1.165) is 0 Å². The third kappa shape index (κ3) is 2.33. The molecule has 0 saturated carbocycles. The lowest BCUT2D eigenvalue weighted by atomic mass is 10.1. The Hall–Kier alpha value is -2.17. The number of aromatic amines is 1. The number of hydrogen-bond acceptors (Lipinski definition) is 3. The fraction of sp³-hybridized carbons (Fsp3) is 0.167. The lowest BCUT2D eigenvalue weighted by Gasteiger charge is -2.06. The summed E-state index contributed by atoms with van der Waals surface area (Å²) in [5.74, 6) is -0.316. The molecule has 0 fully saturated rings. The molecular weight excluding hydrogens is 223 g/mol. The quantitative estimate of drug-likeness (QED) is 0.883. The van der Waals surface area contributed by atoms with Gasteiger partial charge in [-0.25, -0.2) is 9.37 Å². The molecule has 17 heavy (non-hydrogen) atoms. The summed E-state index contributed by atoms with van der Waals surface area (Å²) < 4.78 is 18.7. The van der Waals surface area contributed by atoms with Crippen molar-refractivity contribution < 1.29 is 9.13 Å². The van der Waals surface area contributed by atoms with Gasteiger partial charge in [-0.1, -0.05) is 6.07 Å². The van der Waals surface area contributed by atoms with Gasteiger partial charge in [-0.05, 0) is 24.6 Å². The summed E-state index contributed by atoms with van der Waals surface area (Å²) in [7, 11) is 0. The molecule has 0 aliphatic rings. The van der Waals surface area contributed by atoms with Gasteiger partial charge in [0.2, 0.25) is 0 Å². The SMILES string of the molecule is CCOc1ccc(-c2cnc[nH]c2=O)cc1F. The van der Waals surface area contributed by atoms with Crippen LogP contribution in [0.25, 0.3) is 11.1 Å². The van der Waals surface area contributed by atoms with Crippen LogP contribution in [0, 0.1) is 5.82 Å². The van der Waals surface area contributed by atoms with Gasteiger partial charge >= 0.3 is 0 Å². The van der Waals surface area contributed by atoms with Crippen LogP contribution in [0.1, 0.15) is 6.92 Å². The van der Waals surface area contributed by atoms with E-state index in [1.807, 2.05) is 0 Å². The number of rotatable bonds is 3. The predicted octanol–water partition coefficient (Wildman–Crippen LogP) is 1.97. The van der Waals surface area contributed by atoms with Crippen molar-refractivity contribution in [2.24, 2.45) is 0 Å². The van der Waals surface area contributed by atoms with E-state index in [-0.39, 0.29) is 11.3 Å². The normalized spacial score (nSPS) is 10.2. The largest absolute Gasteiger partial charge is 0.491 e. The van der Waals surface area contributed by atoms with Crippen molar-refractivity contribution in [2.45, 2.75) is 6.92 Å². The van der Waals surface area contributed by atoms with Crippen LogP contribution in [0.15, 0.2) is 35.5 Å². The molecule has 0 saturated heterocycles. The van der Waals surface area contributed by atoms with Gasteiger partial charge in [0.1, 0.15) is 0 Å². The minimum absolute atomic E-state index is 0.177. The number of hydrogen-bond donors (Lipinski definition) is 1. The zero-order valence-corrected chi connectivity index (χ0v) is 9.24. The topological polar surface area (TPSA) is 55.0 Å². The zero-order valence-electron chi connectivity index (χ0n) is 9.24. The molecule has 0 atom stereocenters. The summed E-state index contributed by atoms with van der Waals surface area (Å²) in [6.45, 7) is 2.17. The summed E-state index contributed by atoms with van der Waals surface area (Å²) >= 11 is 0. The molecule has 4 nitrogen and oxygen atoms in total. The van der Waals surface area contributed by atoms with Crippen LogP contribution in [0.5, 0.6) is 5.75 Å². The summed E-state index contributed by atoms with van der Waals surface area (Å²) in [4.78, 5) is 17.7. The number of H-pyrrole nitrogens is 1. The summed E-state index contributed by atoms with van der Waals surface area (Å²) in [6, 6.07) is 4.39. The molecule has 0 aliphatic carbocycles. The van der Waals surface area contributed by atoms with Crippen molar-refractivity contribution in [3.05, 3.63) is 46.9 Å². The molecule has 0 bridgehead atoms. The maximum absolute atomic E-state index is 13.6. The van der Waals surface area contributed by atoms with Gasteiger partial charge in [-0.3, -0.25) is 4.79 Å². The highest BCUT2D eigenvalue weighted by atomic mass is 19.1. The van der Waals surface area contributed by atoms with Crippen LogP contribution in [0.3, 0.4) is 0 Å². The van der Waals surface area contributed by atoms with Crippen molar-refractivity contribution in [3.63, 3.8) is 0 Å². The number of halogens is 1. The summed E-state index contributed by atoms with van der Waals surface area (Å²) in [5, 5.41) is 0. The van der Waals surface area contributed by atoms with E-state index in [0.29, 0.717) is 17.7 Å². The van der Waals surface area contributed by atoms with Gasteiger partial charge in [-0.2, -0.15) is 0 Å². The Kier molecular flexibility index (Phi) is 3.18. The van der Waals surface area contributed by atoms with Crippen molar-refractivity contribution in [2.75, 3.05) is 6.61 Å². The lowest BCUT2D eigenvalue weighted by Crippen LogP contribution is -2.08. The minimum Gasteiger partial charge on any atom is -0.491 e. The Morgan fingerprint density at radius 3 is 2.94 bits per heavy atom. The molecule has 0 radical (unpaired) electrons. The molecule has 1 N–H and O–H groups in total. The van der Waals surface area contributed by atoms with Crippen LogP contribution in [-0.2, 0) is 0 Å². The van der Waals surface area contributed by atoms with E-state index in [1.165, 1.54) is 24.7 Å². The van der Waals surface area contributed by atoms with Crippen molar-refractivity contribution in [1.29, 1.82) is 0 Å². The highest BCUT2D eigenvalue weighted by molar-refractivity contribution is 5.62. The van der Waals surface area contributed by atoms with Gasteiger partial charge in [0.25, 0.3) is 5.56 Å². The first-order valence-corrected chi connectivity index (χ1v) is 5.17. The Labute approximate surface area is 97.1 Å². The predicted molar refractivity (Wildman–Crippen MR) is 61.4 cm³/mol. The number of benzene rings is 1. The maximum atomic E-state index is 13.6. The van der Waals surface area contributed by atoms with Crippen LogP contribution >= 0.6 is 0 Å². The third-order valence-corrected chi connectivity index (χ3v) is 2.26. The average Bonchev–Trinajstić information content (AvgIpc) is 2.33. The van der Waals surface area contributed by atoms with Crippen molar-refractivity contribution in [1.82, 2.24) is 9.97 Å². The van der Waals surface area contributed by atoms with E-state index in [2.05, 4.69) is 9.97 Å². The number of nitrogens with one attached hydrogen (secondary N) is 1. The molecule has 0 spiro atoms. The van der Waals surface area contributed by atoms with Crippen LogP contribution in [0.4, 0.5) is 4.39 Å². The van der Waals surface area contributed by atoms with Crippen LogP contribution in [0.2, 0.25) is 0 Å². The first-order valence-electron chi connectivity index (χ1n) is 5.17. The monoisotopic (exact) mass is 234 g/mol. The maximum Gasteiger partial charge on any atom is 0.258 e. The number of aromatic nitrogens is 2. The van der Waals surface area contributed by atoms with Gasteiger partial charge in [0.05, 0.1) is 18.5 Å². The standard InChI is InChI=1S/C12H11FN2O2/c1-2-17-11-4-3-8(5-10(11)13)9-6-14-7-15-12(9)16/h3-7H,2H2,1H3,(H,14,15,16). The second-order valence-electron chi connectivity index (χ2n) is 3.37. The molecule has 2 rings (SSSR count). The van der Waals surface area contributed by atoms with E-state index in [1.54, 1.807) is 13.0 Å². The molecule has 1 aromatic heterocycles. The van der Waals surface area contributed by atoms with Gasteiger partial charge in [0, 0.05) is 6.20 Å². The van der Waals surface area contributed by atoms with Crippen molar-refractivity contribution in [3.8, 4) is 16.9 Å². The molecular formula is C12H11FN2O2. The van der Waals surface area contributed by atoms with E-state index >= 15 is 0 Å². The molecule has 88 valence electrons. The second kappa shape index (κ2) is 4.78.